The van der Waals surface area contributed by atoms with Gasteiger partial charge in [-0.25, -0.2) is 0 Å². The van der Waals surface area contributed by atoms with Crippen LogP contribution in [0.25, 0.3) is 5.57 Å². The number of hydrogen-bond donors (Lipinski definition) is 0. The Morgan fingerprint density at radius 2 is 1.88 bits per heavy atom. The fraction of sp³-hybridized carbons (Fsp3) is 0.400. The molecule has 1 aliphatic heterocycles. The molecule has 1 aliphatic rings. The molecule has 0 saturated heterocycles. The van der Waals surface area contributed by atoms with Crippen molar-refractivity contribution in [3.05, 3.63) is 35.9 Å². The van der Waals surface area contributed by atoms with Gasteiger partial charge in [0.05, 0.1) is 5.69 Å². The minimum absolute atomic E-state index is 0.111. The van der Waals surface area contributed by atoms with Gasteiger partial charge in [0.2, 0.25) is 5.91 Å². The first kappa shape index (κ1) is 11.9. The zero-order valence-electron chi connectivity index (χ0n) is 10.9. The summed E-state index contributed by atoms with van der Waals surface area (Å²) in [6.45, 7) is 8.03. The highest BCUT2D eigenvalue weighted by atomic mass is 16.2. The van der Waals surface area contributed by atoms with E-state index in [1.165, 1.54) is 11.1 Å². The van der Waals surface area contributed by atoms with Crippen molar-refractivity contribution in [2.45, 2.75) is 33.7 Å². The van der Waals surface area contributed by atoms with Gasteiger partial charge < -0.3 is 4.90 Å². The van der Waals surface area contributed by atoms with Gasteiger partial charge in [-0.05, 0) is 31.4 Å². The molecule has 1 aromatic carbocycles. The van der Waals surface area contributed by atoms with E-state index in [9.17, 15) is 4.79 Å². The molecule has 0 fully saturated rings. The van der Waals surface area contributed by atoms with Gasteiger partial charge in [0.25, 0.3) is 0 Å². The summed E-state index contributed by atoms with van der Waals surface area (Å²) in [5.41, 5.74) is 3.45. The van der Waals surface area contributed by atoms with E-state index in [-0.39, 0.29) is 11.9 Å². The molecule has 0 N–H and O–H groups in total. The Morgan fingerprint density at radius 1 is 1.24 bits per heavy atom. The summed E-state index contributed by atoms with van der Waals surface area (Å²) in [7, 11) is 0. The van der Waals surface area contributed by atoms with Gasteiger partial charge in [0, 0.05) is 18.5 Å². The molecular formula is C15H19NO. The Labute approximate surface area is 103 Å². The second kappa shape index (κ2) is 4.36. The average molecular weight is 229 g/mol. The van der Waals surface area contributed by atoms with Gasteiger partial charge in [0.1, 0.15) is 0 Å². The van der Waals surface area contributed by atoms with Crippen molar-refractivity contribution in [3.8, 4) is 0 Å². The maximum absolute atomic E-state index is 11.9. The first-order valence-corrected chi connectivity index (χ1v) is 6.10. The molecule has 2 nitrogen and oxygen atoms in total. The third-order valence-corrected chi connectivity index (χ3v) is 3.61. The number of rotatable bonds is 0. The number of nitrogens with zero attached hydrogens (tertiary/aromatic N) is 1. The number of carbonyl (C=O) groups is 1. The molecule has 2 atom stereocenters. The zero-order valence-corrected chi connectivity index (χ0v) is 10.9. The van der Waals surface area contributed by atoms with E-state index in [2.05, 4.69) is 32.9 Å². The van der Waals surface area contributed by atoms with Gasteiger partial charge in [-0.2, -0.15) is 0 Å². The molecular weight excluding hydrogens is 210 g/mol. The van der Waals surface area contributed by atoms with Crippen molar-refractivity contribution in [1.82, 2.24) is 0 Å². The van der Waals surface area contributed by atoms with Crippen LogP contribution in [0.3, 0.4) is 0 Å². The molecule has 2 heteroatoms. The third kappa shape index (κ3) is 1.99. The van der Waals surface area contributed by atoms with E-state index >= 15 is 0 Å². The number of allylic oxidation sites excluding steroid dienone is 1. The number of fused-ring (bicyclic) bond motifs is 1. The Kier molecular flexibility index (Phi) is 3.05. The highest BCUT2D eigenvalue weighted by Gasteiger charge is 2.27. The molecule has 0 spiro atoms. The van der Waals surface area contributed by atoms with Crippen molar-refractivity contribution in [2.75, 3.05) is 4.90 Å². The number of anilines is 1. The largest absolute Gasteiger partial charge is 0.309 e. The summed E-state index contributed by atoms with van der Waals surface area (Å²) in [6.07, 6.45) is 2.26. The quantitative estimate of drug-likeness (QED) is 0.667. The van der Waals surface area contributed by atoms with Crippen LogP contribution >= 0.6 is 0 Å². The monoisotopic (exact) mass is 229 g/mol. The van der Waals surface area contributed by atoms with Crippen LogP contribution in [0.15, 0.2) is 30.3 Å². The Morgan fingerprint density at radius 3 is 2.53 bits per heavy atom. The summed E-state index contributed by atoms with van der Waals surface area (Å²) >= 11 is 0. The fourth-order valence-corrected chi connectivity index (χ4v) is 2.55. The van der Waals surface area contributed by atoms with Gasteiger partial charge >= 0.3 is 0 Å². The SMILES string of the molecule is CC(=O)N1c2ccccc2C(C)=CC(C)C1C. The van der Waals surface area contributed by atoms with Crippen LogP contribution in [0, 0.1) is 5.92 Å². The minimum atomic E-state index is 0.111. The van der Waals surface area contributed by atoms with Crippen molar-refractivity contribution in [1.29, 1.82) is 0 Å². The normalized spacial score (nSPS) is 23.8. The van der Waals surface area contributed by atoms with Crippen LogP contribution in [0.2, 0.25) is 0 Å². The summed E-state index contributed by atoms with van der Waals surface area (Å²) in [6, 6.07) is 8.33. The van der Waals surface area contributed by atoms with Crippen molar-refractivity contribution < 1.29 is 4.79 Å². The predicted molar refractivity (Wildman–Crippen MR) is 71.9 cm³/mol. The van der Waals surface area contributed by atoms with Crippen molar-refractivity contribution in [3.63, 3.8) is 0 Å². The molecule has 1 aromatic rings. The Hall–Kier alpha value is -1.57. The van der Waals surface area contributed by atoms with Crippen LogP contribution < -0.4 is 4.90 Å². The van der Waals surface area contributed by atoms with E-state index in [1.807, 2.05) is 23.1 Å². The van der Waals surface area contributed by atoms with Crippen LogP contribution in [0.1, 0.15) is 33.3 Å². The van der Waals surface area contributed by atoms with E-state index in [0.29, 0.717) is 5.92 Å². The number of para-hydroxylation sites is 1. The molecule has 2 unspecified atom stereocenters. The summed E-state index contributed by atoms with van der Waals surface area (Å²) in [5.74, 6) is 0.478. The number of carbonyl (C=O) groups excluding carboxylic acids is 1. The lowest BCUT2D eigenvalue weighted by molar-refractivity contribution is -0.117. The predicted octanol–water partition coefficient (Wildman–Crippen LogP) is 3.48. The van der Waals surface area contributed by atoms with E-state index in [4.69, 9.17) is 0 Å². The van der Waals surface area contributed by atoms with Crippen LogP contribution in [-0.2, 0) is 4.79 Å². The van der Waals surface area contributed by atoms with Crippen molar-refractivity contribution >= 4 is 17.2 Å². The maximum Gasteiger partial charge on any atom is 0.224 e. The van der Waals surface area contributed by atoms with E-state index in [0.717, 1.165) is 5.69 Å². The van der Waals surface area contributed by atoms with Crippen molar-refractivity contribution in [2.24, 2.45) is 5.92 Å². The van der Waals surface area contributed by atoms with Gasteiger partial charge in [0.15, 0.2) is 0 Å². The lowest BCUT2D eigenvalue weighted by atomic mass is 10.00. The first-order valence-electron chi connectivity index (χ1n) is 6.10. The molecule has 0 bridgehead atoms. The maximum atomic E-state index is 11.9. The molecule has 2 rings (SSSR count). The number of hydrogen-bond acceptors (Lipinski definition) is 1. The van der Waals surface area contributed by atoms with Crippen LogP contribution in [0.4, 0.5) is 5.69 Å². The fourth-order valence-electron chi connectivity index (χ4n) is 2.55. The lowest BCUT2D eigenvalue weighted by Gasteiger charge is -2.30. The standard InChI is InChI=1S/C15H19NO/c1-10-9-11(2)14-7-5-6-8-15(14)16(12(10)3)13(4)17/h5-10,12H,1-4H3. The summed E-state index contributed by atoms with van der Waals surface area (Å²) < 4.78 is 0. The number of benzene rings is 1. The van der Waals surface area contributed by atoms with E-state index in [1.54, 1.807) is 6.92 Å². The first-order chi connectivity index (χ1) is 8.02. The molecule has 0 aliphatic carbocycles. The lowest BCUT2D eigenvalue weighted by Crippen LogP contribution is -2.40. The zero-order chi connectivity index (χ0) is 12.6. The smallest absolute Gasteiger partial charge is 0.224 e. The molecule has 17 heavy (non-hydrogen) atoms. The van der Waals surface area contributed by atoms with Crippen LogP contribution in [-0.4, -0.2) is 11.9 Å². The molecule has 0 radical (unpaired) electrons. The van der Waals surface area contributed by atoms with E-state index < -0.39 is 0 Å². The highest BCUT2D eigenvalue weighted by Crippen LogP contribution is 2.34. The molecule has 0 aromatic heterocycles. The van der Waals surface area contributed by atoms with Crippen LogP contribution in [0.5, 0.6) is 0 Å². The average Bonchev–Trinajstić information content (AvgIpc) is 2.37. The van der Waals surface area contributed by atoms with Gasteiger partial charge in [-0.15, -0.1) is 0 Å². The summed E-state index contributed by atoms with van der Waals surface area (Å²) in [4.78, 5) is 13.8. The Bertz CT molecular complexity index is 476. The molecule has 0 saturated carbocycles. The highest BCUT2D eigenvalue weighted by molar-refractivity contribution is 5.96. The van der Waals surface area contributed by atoms with Gasteiger partial charge in [-0.3, -0.25) is 4.79 Å². The Balaban J connectivity index is 2.63. The summed E-state index contributed by atoms with van der Waals surface area (Å²) in [5, 5.41) is 0. The molecule has 1 heterocycles. The second-order valence-corrected chi connectivity index (χ2v) is 4.86. The minimum Gasteiger partial charge on any atom is -0.309 e. The number of amides is 1. The second-order valence-electron chi connectivity index (χ2n) is 4.86. The topological polar surface area (TPSA) is 20.3 Å². The molecule has 1 amide bonds. The van der Waals surface area contributed by atoms with Gasteiger partial charge in [-0.1, -0.05) is 31.2 Å². The third-order valence-electron chi connectivity index (χ3n) is 3.61. The molecule has 90 valence electrons.